The molecule has 3 nitrogen and oxygen atoms in total. The average Bonchev–Trinajstić information content (AvgIpc) is 2.34. The van der Waals surface area contributed by atoms with Crippen LogP contribution < -0.4 is 10.6 Å². The highest BCUT2D eigenvalue weighted by atomic mass is 15.2. The standard InChI is InChI=1S/C13H21N3/c1-2-16(11-7-4-3-5-8-11)12-9-6-10-15-13(12)14/h6,9-11H,2-5,7-8H2,1H3,(H2,14,15). The van der Waals surface area contributed by atoms with Crippen molar-refractivity contribution < 1.29 is 0 Å². The van der Waals surface area contributed by atoms with Crippen LogP contribution in [0.4, 0.5) is 11.5 Å². The van der Waals surface area contributed by atoms with Crippen molar-refractivity contribution in [1.82, 2.24) is 4.98 Å². The predicted molar refractivity (Wildman–Crippen MR) is 68.5 cm³/mol. The van der Waals surface area contributed by atoms with Gasteiger partial charge in [0.05, 0.1) is 5.69 Å². The largest absolute Gasteiger partial charge is 0.382 e. The second kappa shape index (κ2) is 5.19. The summed E-state index contributed by atoms with van der Waals surface area (Å²) in [5.74, 6) is 0.662. The molecule has 88 valence electrons. The Morgan fingerprint density at radius 3 is 2.75 bits per heavy atom. The van der Waals surface area contributed by atoms with Gasteiger partial charge in [-0.2, -0.15) is 0 Å². The maximum Gasteiger partial charge on any atom is 0.146 e. The van der Waals surface area contributed by atoms with Crippen molar-refractivity contribution in [3.63, 3.8) is 0 Å². The molecule has 0 aromatic carbocycles. The third kappa shape index (κ3) is 2.29. The van der Waals surface area contributed by atoms with E-state index in [1.807, 2.05) is 6.07 Å². The average molecular weight is 219 g/mol. The van der Waals surface area contributed by atoms with Crippen LogP contribution >= 0.6 is 0 Å². The fourth-order valence-corrected chi connectivity index (χ4v) is 2.67. The van der Waals surface area contributed by atoms with Crippen LogP contribution in [0.3, 0.4) is 0 Å². The molecule has 0 spiro atoms. The molecule has 1 aliphatic carbocycles. The molecule has 1 saturated carbocycles. The Kier molecular flexibility index (Phi) is 3.65. The third-order valence-electron chi connectivity index (χ3n) is 3.48. The van der Waals surface area contributed by atoms with E-state index in [2.05, 4.69) is 22.9 Å². The third-order valence-corrected chi connectivity index (χ3v) is 3.48. The number of hydrogen-bond donors (Lipinski definition) is 1. The lowest BCUT2D eigenvalue weighted by atomic mass is 9.94. The van der Waals surface area contributed by atoms with E-state index in [1.54, 1.807) is 6.20 Å². The molecule has 0 unspecified atom stereocenters. The van der Waals surface area contributed by atoms with Gasteiger partial charge in [-0.25, -0.2) is 4.98 Å². The van der Waals surface area contributed by atoms with Gasteiger partial charge in [-0.05, 0) is 31.9 Å². The van der Waals surface area contributed by atoms with Crippen LogP contribution in [0.1, 0.15) is 39.0 Å². The van der Waals surface area contributed by atoms with Crippen molar-refractivity contribution in [1.29, 1.82) is 0 Å². The molecule has 3 heteroatoms. The summed E-state index contributed by atoms with van der Waals surface area (Å²) in [4.78, 5) is 6.60. The molecule has 1 aromatic rings. The highest BCUT2D eigenvalue weighted by Gasteiger charge is 2.21. The Morgan fingerprint density at radius 1 is 1.38 bits per heavy atom. The van der Waals surface area contributed by atoms with Gasteiger partial charge in [0.15, 0.2) is 0 Å². The molecule has 1 heterocycles. The molecule has 0 bridgehead atoms. The lowest BCUT2D eigenvalue weighted by Gasteiger charge is -2.35. The molecule has 2 rings (SSSR count). The number of anilines is 2. The molecule has 0 saturated heterocycles. The number of pyridine rings is 1. The molecule has 0 atom stereocenters. The summed E-state index contributed by atoms with van der Waals surface area (Å²) in [6.45, 7) is 3.21. The van der Waals surface area contributed by atoms with Crippen molar-refractivity contribution >= 4 is 11.5 Å². The first-order valence-electron chi connectivity index (χ1n) is 6.30. The SMILES string of the molecule is CCN(c1cccnc1N)C1CCCCC1. The van der Waals surface area contributed by atoms with Crippen molar-refractivity contribution in [3.05, 3.63) is 18.3 Å². The smallest absolute Gasteiger partial charge is 0.146 e. The molecule has 16 heavy (non-hydrogen) atoms. The number of rotatable bonds is 3. The lowest BCUT2D eigenvalue weighted by Crippen LogP contribution is -2.37. The summed E-state index contributed by atoms with van der Waals surface area (Å²) in [6, 6.07) is 4.71. The van der Waals surface area contributed by atoms with Crippen LogP contribution in [0.25, 0.3) is 0 Å². The summed E-state index contributed by atoms with van der Waals surface area (Å²) in [5, 5.41) is 0. The molecule has 0 aliphatic heterocycles. The van der Waals surface area contributed by atoms with Crippen LogP contribution in [-0.2, 0) is 0 Å². The van der Waals surface area contributed by atoms with Crippen LogP contribution in [0.2, 0.25) is 0 Å². The van der Waals surface area contributed by atoms with E-state index in [-0.39, 0.29) is 0 Å². The Balaban J connectivity index is 2.18. The number of nitrogens with zero attached hydrogens (tertiary/aromatic N) is 2. The van der Waals surface area contributed by atoms with E-state index in [4.69, 9.17) is 5.73 Å². The van der Waals surface area contributed by atoms with Crippen molar-refractivity contribution in [3.8, 4) is 0 Å². The van der Waals surface area contributed by atoms with Crippen LogP contribution in [0, 0.1) is 0 Å². The van der Waals surface area contributed by atoms with Crippen molar-refractivity contribution in [2.24, 2.45) is 0 Å². The maximum absolute atomic E-state index is 5.95. The molecule has 1 aliphatic rings. The second-order valence-electron chi connectivity index (χ2n) is 4.49. The summed E-state index contributed by atoms with van der Waals surface area (Å²) >= 11 is 0. The topological polar surface area (TPSA) is 42.2 Å². The maximum atomic E-state index is 5.95. The quantitative estimate of drug-likeness (QED) is 0.850. The van der Waals surface area contributed by atoms with Crippen molar-refractivity contribution in [2.75, 3.05) is 17.2 Å². The highest BCUT2D eigenvalue weighted by molar-refractivity contribution is 5.63. The van der Waals surface area contributed by atoms with Crippen LogP contribution in [0.5, 0.6) is 0 Å². The van der Waals surface area contributed by atoms with Crippen LogP contribution in [-0.4, -0.2) is 17.6 Å². The van der Waals surface area contributed by atoms with Gasteiger partial charge in [-0.3, -0.25) is 0 Å². The Bertz CT molecular complexity index is 332. The Morgan fingerprint density at radius 2 is 2.12 bits per heavy atom. The van der Waals surface area contributed by atoms with Gasteiger partial charge in [-0.15, -0.1) is 0 Å². The van der Waals surface area contributed by atoms with E-state index < -0.39 is 0 Å². The van der Waals surface area contributed by atoms with Gasteiger partial charge in [0.1, 0.15) is 5.82 Å². The minimum absolute atomic E-state index is 0.658. The molecule has 0 amide bonds. The normalized spacial score (nSPS) is 17.3. The Labute approximate surface area is 97.7 Å². The molecule has 1 aromatic heterocycles. The summed E-state index contributed by atoms with van der Waals surface area (Å²) in [5.41, 5.74) is 7.06. The van der Waals surface area contributed by atoms with E-state index in [0.717, 1.165) is 12.2 Å². The van der Waals surface area contributed by atoms with Gasteiger partial charge in [0, 0.05) is 18.8 Å². The Hall–Kier alpha value is -1.25. The summed E-state index contributed by atoms with van der Waals surface area (Å²) in [6.07, 6.45) is 8.43. The summed E-state index contributed by atoms with van der Waals surface area (Å²) < 4.78 is 0. The first-order valence-corrected chi connectivity index (χ1v) is 6.30. The van der Waals surface area contributed by atoms with E-state index in [9.17, 15) is 0 Å². The number of nitrogens with two attached hydrogens (primary N) is 1. The number of aromatic nitrogens is 1. The zero-order valence-electron chi connectivity index (χ0n) is 10.0. The minimum Gasteiger partial charge on any atom is -0.382 e. The van der Waals surface area contributed by atoms with Gasteiger partial charge in [0.2, 0.25) is 0 Å². The first kappa shape index (κ1) is 11.2. The predicted octanol–water partition coefficient (Wildman–Crippen LogP) is 2.82. The zero-order chi connectivity index (χ0) is 11.4. The highest BCUT2D eigenvalue weighted by Crippen LogP contribution is 2.29. The number of hydrogen-bond acceptors (Lipinski definition) is 3. The van der Waals surface area contributed by atoms with E-state index in [1.165, 1.54) is 32.1 Å². The summed E-state index contributed by atoms with van der Waals surface area (Å²) in [7, 11) is 0. The monoisotopic (exact) mass is 219 g/mol. The fourth-order valence-electron chi connectivity index (χ4n) is 2.67. The second-order valence-corrected chi connectivity index (χ2v) is 4.49. The minimum atomic E-state index is 0.658. The molecule has 1 fully saturated rings. The molecule has 0 radical (unpaired) electrons. The fraction of sp³-hybridized carbons (Fsp3) is 0.615. The van der Waals surface area contributed by atoms with Gasteiger partial charge >= 0.3 is 0 Å². The van der Waals surface area contributed by atoms with Gasteiger partial charge in [-0.1, -0.05) is 19.3 Å². The molecular formula is C13H21N3. The van der Waals surface area contributed by atoms with Gasteiger partial charge in [0.25, 0.3) is 0 Å². The molecule has 2 N–H and O–H groups in total. The van der Waals surface area contributed by atoms with E-state index in [0.29, 0.717) is 11.9 Å². The number of nitrogen functional groups attached to an aromatic ring is 1. The lowest BCUT2D eigenvalue weighted by molar-refractivity contribution is 0.418. The zero-order valence-corrected chi connectivity index (χ0v) is 10.0. The van der Waals surface area contributed by atoms with Gasteiger partial charge < -0.3 is 10.6 Å². The molecular weight excluding hydrogens is 198 g/mol. The van der Waals surface area contributed by atoms with E-state index >= 15 is 0 Å². The van der Waals surface area contributed by atoms with Crippen molar-refractivity contribution in [2.45, 2.75) is 45.1 Å². The first-order chi connectivity index (χ1) is 7.83. The van der Waals surface area contributed by atoms with Crippen LogP contribution in [0.15, 0.2) is 18.3 Å².